The van der Waals surface area contributed by atoms with Crippen LogP contribution in [-0.2, 0) is 9.53 Å². The van der Waals surface area contributed by atoms with E-state index >= 15 is 0 Å². The van der Waals surface area contributed by atoms with Crippen molar-refractivity contribution in [2.45, 2.75) is 51.7 Å². The van der Waals surface area contributed by atoms with E-state index in [1.165, 1.54) is 16.7 Å². The third-order valence-electron chi connectivity index (χ3n) is 5.31. The predicted molar refractivity (Wildman–Crippen MR) is 91.4 cm³/mol. The van der Waals surface area contributed by atoms with Crippen molar-refractivity contribution in [3.05, 3.63) is 34.9 Å². The predicted octanol–water partition coefficient (Wildman–Crippen LogP) is 2.74. The van der Waals surface area contributed by atoms with Crippen molar-refractivity contribution in [2.24, 2.45) is 0 Å². The molecular weight excluding hydrogens is 288 g/mol. The molecule has 2 aliphatic rings. The fourth-order valence-electron chi connectivity index (χ4n) is 3.76. The van der Waals surface area contributed by atoms with Gasteiger partial charge < -0.3 is 15.0 Å². The number of piperidine rings is 1. The van der Waals surface area contributed by atoms with Gasteiger partial charge in [-0.25, -0.2) is 0 Å². The van der Waals surface area contributed by atoms with Crippen LogP contribution < -0.4 is 5.32 Å². The second-order valence-electron chi connectivity index (χ2n) is 6.79. The zero-order chi connectivity index (χ0) is 16.2. The molecule has 1 atom stereocenters. The molecule has 1 unspecified atom stereocenters. The lowest BCUT2D eigenvalue weighted by Crippen LogP contribution is -2.37. The Labute approximate surface area is 139 Å². The highest BCUT2D eigenvalue weighted by Crippen LogP contribution is 2.34. The van der Waals surface area contributed by atoms with Crippen LogP contribution in [0.1, 0.15) is 48.4 Å². The third-order valence-corrected chi connectivity index (χ3v) is 5.31. The molecule has 0 aromatic heterocycles. The number of ether oxygens (including phenoxy) is 1. The first-order valence-electron chi connectivity index (χ1n) is 8.84. The van der Waals surface area contributed by atoms with Gasteiger partial charge in [0.2, 0.25) is 5.91 Å². The number of carbonyl (C=O) groups excluding carboxylic acids is 1. The van der Waals surface area contributed by atoms with Crippen LogP contribution in [0.5, 0.6) is 0 Å². The van der Waals surface area contributed by atoms with Gasteiger partial charge in [0.05, 0.1) is 12.1 Å². The SMILES string of the molecule is Cc1cccc(C2CCCN2C(=O)COC2CCNCC2)c1C. The van der Waals surface area contributed by atoms with E-state index in [0.717, 1.165) is 45.3 Å². The molecule has 126 valence electrons. The summed E-state index contributed by atoms with van der Waals surface area (Å²) in [5, 5.41) is 3.32. The topological polar surface area (TPSA) is 41.6 Å². The molecule has 1 N–H and O–H groups in total. The number of benzene rings is 1. The van der Waals surface area contributed by atoms with Gasteiger partial charge in [-0.2, -0.15) is 0 Å². The zero-order valence-electron chi connectivity index (χ0n) is 14.3. The van der Waals surface area contributed by atoms with Crippen LogP contribution in [-0.4, -0.2) is 43.2 Å². The molecule has 23 heavy (non-hydrogen) atoms. The molecule has 4 nitrogen and oxygen atoms in total. The Morgan fingerprint density at radius 3 is 2.83 bits per heavy atom. The summed E-state index contributed by atoms with van der Waals surface area (Å²) in [6.45, 7) is 7.37. The molecule has 2 aliphatic heterocycles. The maximum Gasteiger partial charge on any atom is 0.249 e. The minimum Gasteiger partial charge on any atom is -0.368 e. The summed E-state index contributed by atoms with van der Waals surface area (Å²) in [7, 11) is 0. The summed E-state index contributed by atoms with van der Waals surface area (Å²) in [5.74, 6) is 0.145. The van der Waals surface area contributed by atoms with Crippen molar-refractivity contribution in [2.75, 3.05) is 26.2 Å². The highest BCUT2D eigenvalue weighted by Gasteiger charge is 2.31. The first kappa shape index (κ1) is 16.5. The van der Waals surface area contributed by atoms with Crippen LogP contribution >= 0.6 is 0 Å². The van der Waals surface area contributed by atoms with E-state index < -0.39 is 0 Å². The van der Waals surface area contributed by atoms with Crippen molar-refractivity contribution < 1.29 is 9.53 Å². The maximum atomic E-state index is 12.7. The second-order valence-corrected chi connectivity index (χ2v) is 6.79. The minimum absolute atomic E-state index is 0.145. The van der Waals surface area contributed by atoms with E-state index in [-0.39, 0.29) is 24.7 Å². The monoisotopic (exact) mass is 316 g/mol. The number of likely N-dealkylation sites (tertiary alicyclic amines) is 1. The summed E-state index contributed by atoms with van der Waals surface area (Å²) < 4.78 is 5.86. The molecule has 0 saturated carbocycles. The number of aryl methyl sites for hydroxylation is 1. The summed E-state index contributed by atoms with van der Waals surface area (Å²) in [6, 6.07) is 6.63. The van der Waals surface area contributed by atoms with Crippen molar-refractivity contribution in [3.8, 4) is 0 Å². The van der Waals surface area contributed by atoms with Gasteiger partial charge in [-0.1, -0.05) is 18.2 Å². The average molecular weight is 316 g/mol. The van der Waals surface area contributed by atoms with Gasteiger partial charge in [-0.15, -0.1) is 0 Å². The quantitative estimate of drug-likeness (QED) is 0.928. The van der Waals surface area contributed by atoms with Gasteiger partial charge in [-0.05, 0) is 69.3 Å². The lowest BCUT2D eigenvalue weighted by Gasteiger charge is -2.28. The van der Waals surface area contributed by atoms with Gasteiger partial charge in [0, 0.05) is 6.54 Å². The Kier molecular flexibility index (Phi) is 5.34. The van der Waals surface area contributed by atoms with E-state index in [1.54, 1.807) is 0 Å². The molecule has 0 aliphatic carbocycles. The Hall–Kier alpha value is -1.39. The van der Waals surface area contributed by atoms with Crippen molar-refractivity contribution in [1.29, 1.82) is 0 Å². The van der Waals surface area contributed by atoms with Crippen LogP contribution in [0.25, 0.3) is 0 Å². The summed E-state index contributed by atoms with van der Waals surface area (Å²) in [5.41, 5.74) is 3.92. The molecule has 3 rings (SSSR count). The van der Waals surface area contributed by atoms with E-state index in [0.29, 0.717) is 0 Å². The molecule has 1 aromatic rings. The van der Waals surface area contributed by atoms with Crippen molar-refractivity contribution in [1.82, 2.24) is 10.2 Å². The lowest BCUT2D eigenvalue weighted by molar-refractivity contribution is -0.139. The molecule has 1 amide bonds. The molecule has 1 aromatic carbocycles. The highest BCUT2D eigenvalue weighted by atomic mass is 16.5. The van der Waals surface area contributed by atoms with Crippen LogP contribution in [0.15, 0.2) is 18.2 Å². The van der Waals surface area contributed by atoms with Crippen LogP contribution in [0.3, 0.4) is 0 Å². The number of hydrogen-bond acceptors (Lipinski definition) is 3. The number of hydrogen-bond donors (Lipinski definition) is 1. The van der Waals surface area contributed by atoms with Crippen LogP contribution in [0.2, 0.25) is 0 Å². The smallest absolute Gasteiger partial charge is 0.249 e. The van der Waals surface area contributed by atoms with E-state index in [1.807, 2.05) is 4.90 Å². The van der Waals surface area contributed by atoms with Gasteiger partial charge in [0.15, 0.2) is 0 Å². The number of amides is 1. The molecule has 4 heteroatoms. The molecule has 2 heterocycles. The Balaban J connectivity index is 1.63. The van der Waals surface area contributed by atoms with E-state index in [4.69, 9.17) is 4.74 Å². The molecule has 0 radical (unpaired) electrons. The lowest BCUT2D eigenvalue weighted by atomic mass is 9.96. The van der Waals surface area contributed by atoms with Crippen molar-refractivity contribution >= 4 is 5.91 Å². The summed E-state index contributed by atoms with van der Waals surface area (Å²) in [6.07, 6.45) is 4.39. The van der Waals surface area contributed by atoms with Crippen molar-refractivity contribution in [3.63, 3.8) is 0 Å². The number of carbonyl (C=O) groups is 1. The third kappa shape index (κ3) is 3.75. The molecule has 2 saturated heterocycles. The first-order chi connectivity index (χ1) is 11.2. The van der Waals surface area contributed by atoms with Gasteiger partial charge in [0.25, 0.3) is 0 Å². The minimum atomic E-state index is 0.145. The molecular formula is C19H28N2O2. The normalized spacial score (nSPS) is 22.5. The first-order valence-corrected chi connectivity index (χ1v) is 8.84. The molecule has 2 fully saturated rings. The van der Waals surface area contributed by atoms with Crippen LogP contribution in [0, 0.1) is 13.8 Å². The Bertz CT molecular complexity index is 552. The second kappa shape index (κ2) is 7.45. The molecule has 0 spiro atoms. The Morgan fingerprint density at radius 2 is 2.04 bits per heavy atom. The maximum absolute atomic E-state index is 12.7. The standard InChI is InChI=1S/C19H28N2O2/c1-14-5-3-6-17(15(14)2)18-7-4-12-21(18)19(22)13-23-16-8-10-20-11-9-16/h3,5-6,16,18,20H,4,7-13H2,1-2H3. The van der Waals surface area contributed by atoms with E-state index in [9.17, 15) is 4.79 Å². The fourth-order valence-corrected chi connectivity index (χ4v) is 3.76. The fraction of sp³-hybridized carbons (Fsp3) is 0.632. The zero-order valence-corrected chi connectivity index (χ0v) is 14.3. The number of nitrogens with zero attached hydrogens (tertiary/aromatic N) is 1. The Morgan fingerprint density at radius 1 is 1.26 bits per heavy atom. The summed E-state index contributed by atoms with van der Waals surface area (Å²) in [4.78, 5) is 14.7. The number of rotatable bonds is 4. The van der Waals surface area contributed by atoms with E-state index in [2.05, 4.69) is 37.4 Å². The van der Waals surface area contributed by atoms with Gasteiger partial charge in [0.1, 0.15) is 6.61 Å². The van der Waals surface area contributed by atoms with Crippen LogP contribution in [0.4, 0.5) is 0 Å². The van der Waals surface area contributed by atoms with Gasteiger partial charge in [-0.3, -0.25) is 4.79 Å². The average Bonchev–Trinajstić information content (AvgIpc) is 3.05. The highest BCUT2D eigenvalue weighted by molar-refractivity contribution is 5.78. The molecule has 0 bridgehead atoms. The van der Waals surface area contributed by atoms with Gasteiger partial charge >= 0.3 is 0 Å². The number of nitrogens with one attached hydrogen (secondary N) is 1. The summed E-state index contributed by atoms with van der Waals surface area (Å²) >= 11 is 0. The largest absolute Gasteiger partial charge is 0.368 e.